The molecule has 0 radical (unpaired) electrons. The summed E-state index contributed by atoms with van der Waals surface area (Å²) in [4.78, 5) is 45.2. The van der Waals surface area contributed by atoms with E-state index in [1.807, 2.05) is 20.8 Å². The van der Waals surface area contributed by atoms with Crippen molar-refractivity contribution in [1.82, 2.24) is 20.2 Å². The van der Waals surface area contributed by atoms with Crippen LogP contribution >= 0.6 is 11.6 Å². The van der Waals surface area contributed by atoms with Crippen molar-refractivity contribution in [3.8, 4) is 0 Å². The van der Waals surface area contributed by atoms with E-state index < -0.39 is 6.04 Å². The average Bonchev–Trinajstić information content (AvgIpc) is 2.69. The van der Waals surface area contributed by atoms with E-state index >= 15 is 0 Å². The van der Waals surface area contributed by atoms with Crippen molar-refractivity contribution in [2.45, 2.75) is 32.9 Å². The first-order valence-corrected chi connectivity index (χ1v) is 9.78. The third kappa shape index (κ3) is 4.56. The molecule has 1 aliphatic carbocycles. The van der Waals surface area contributed by atoms with E-state index in [0.29, 0.717) is 11.9 Å². The summed E-state index contributed by atoms with van der Waals surface area (Å²) in [5.74, 6) is -0.0561. The van der Waals surface area contributed by atoms with E-state index in [0.717, 1.165) is 10.9 Å². The highest BCUT2D eigenvalue weighted by atomic mass is 35.5. The van der Waals surface area contributed by atoms with Crippen LogP contribution in [0.5, 0.6) is 0 Å². The number of aromatic nitrogens is 2. The molecule has 2 aromatic rings. The Labute approximate surface area is 173 Å². The lowest BCUT2D eigenvalue weighted by molar-refractivity contribution is -0.110. The number of allylic oxidation sites excluding steroid dienone is 2. The van der Waals surface area contributed by atoms with Gasteiger partial charge in [0.2, 0.25) is 0 Å². The van der Waals surface area contributed by atoms with Gasteiger partial charge in [0.1, 0.15) is 0 Å². The molecule has 2 unspecified atom stereocenters. The standard InChI is InChI=1S/C21H23ClN4O3/c1-12(2)11-26(21(29)25-14-4-5-19(27)18(22)8-14)13(3)16-10-24-20(28)17-9-23-7-6-15(16)17/h4-10,12-14H,11H2,1-3H3,(H,24,28)(H,25,29). The van der Waals surface area contributed by atoms with Crippen LogP contribution in [0.2, 0.25) is 0 Å². The molecule has 2 heterocycles. The molecule has 2 amide bonds. The SMILES string of the molecule is CC(C)CN(C(=O)NC1C=CC(=O)C(Cl)=C1)C(C)c1c[nH]c(=O)c2cnccc12. The number of fused-ring (bicyclic) bond motifs is 1. The second kappa shape index (κ2) is 8.61. The lowest BCUT2D eigenvalue weighted by atomic mass is 10.0. The van der Waals surface area contributed by atoms with Crippen molar-refractivity contribution in [1.29, 1.82) is 0 Å². The molecule has 7 nitrogen and oxygen atoms in total. The Morgan fingerprint density at radius 1 is 1.31 bits per heavy atom. The van der Waals surface area contributed by atoms with Crippen LogP contribution in [0.1, 0.15) is 32.4 Å². The first kappa shape index (κ1) is 20.8. The lowest BCUT2D eigenvalue weighted by Gasteiger charge is -2.32. The molecule has 1 aliphatic rings. The number of halogens is 1. The van der Waals surface area contributed by atoms with Crippen LogP contribution in [0.3, 0.4) is 0 Å². The molecular formula is C21H23ClN4O3. The average molecular weight is 415 g/mol. The molecule has 0 aliphatic heterocycles. The van der Waals surface area contributed by atoms with E-state index in [2.05, 4.69) is 15.3 Å². The van der Waals surface area contributed by atoms with Gasteiger partial charge in [0, 0.05) is 25.1 Å². The minimum atomic E-state index is -0.467. The molecule has 0 saturated carbocycles. The van der Waals surface area contributed by atoms with Gasteiger partial charge in [0.15, 0.2) is 5.78 Å². The predicted molar refractivity (Wildman–Crippen MR) is 113 cm³/mol. The largest absolute Gasteiger partial charge is 0.328 e. The zero-order valence-electron chi connectivity index (χ0n) is 16.5. The second-order valence-electron chi connectivity index (χ2n) is 7.43. The molecule has 0 aromatic carbocycles. The highest BCUT2D eigenvalue weighted by Crippen LogP contribution is 2.26. The molecule has 0 spiro atoms. The number of aromatic amines is 1. The summed E-state index contributed by atoms with van der Waals surface area (Å²) >= 11 is 5.90. The summed E-state index contributed by atoms with van der Waals surface area (Å²) in [6.45, 7) is 6.47. The highest BCUT2D eigenvalue weighted by Gasteiger charge is 2.26. The maximum Gasteiger partial charge on any atom is 0.318 e. The molecule has 29 heavy (non-hydrogen) atoms. The maximum atomic E-state index is 13.1. The van der Waals surface area contributed by atoms with E-state index in [1.165, 1.54) is 18.3 Å². The normalized spacial score (nSPS) is 17.3. The topological polar surface area (TPSA) is 95.2 Å². The van der Waals surface area contributed by atoms with Gasteiger partial charge in [-0.15, -0.1) is 0 Å². The van der Waals surface area contributed by atoms with E-state index in [4.69, 9.17) is 11.6 Å². The Kier molecular flexibility index (Phi) is 6.17. The van der Waals surface area contributed by atoms with Crippen molar-refractivity contribution in [3.05, 3.63) is 63.8 Å². The zero-order valence-corrected chi connectivity index (χ0v) is 17.2. The predicted octanol–water partition coefficient (Wildman–Crippen LogP) is 3.28. The number of ketones is 1. The summed E-state index contributed by atoms with van der Waals surface area (Å²) in [6.07, 6.45) is 9.26. The Morgan fingerprint density at radius 2 is 2.07 bits per heavy atom. The summed E-state index contributed by atoms with van der Waals surface area (Å²) in [6, 6.07) is 0.711. The van der Waals surface area contributed by atoms with Gasteiger partial charge in [0.05, 0.1) is 22.5 Å². The molecule has 2 atom stereocenters. The van der Waals surface area contributed by atoms with Crippen molar-refractivity contribution in [2.75, 3.05) is 6.54 Å². The third-order valence-corrected chi connectivity index (χ3v) is 5.09. The molecule has 2 aromatic heterocycles. The molecule has 2 N–H and O–H groups in total. The quantitative estimate of drug-likeness (QED) is 0.784. The molecular weight excluding hydrogens is 392 g/mol. The van der Waals surface area contributed by atoms with Crippen LogP contribution in [-0.4, -0.2) is 39.3 Å². The summed E-state index contributed by atoms with van der Waals surface area (Å²) < 4.78 is 0. The number of urea groups is 1. The molecule has 8 heteroatoms. The highest BCUT2D eigenvalue weighted by molar-refractivity contribution is 6.44. The maximum absolute atomic E-state index is 13.1. The summed E-state index contributed by atoms with van der Waals surface area (Å²) in [5, 5.41) is 4.20. The van der Waals surface area contributed by atoms with Gasteiger partial charge in [-0.05, 0) is 42.0 Å². The number of nitrogens with zero attached hydrogens (tertiary/aromatic N) is 2. The van der Waals surface area contributed by atoms with Gasteiger partial charge in [-0.2, -0.15) is 0 Å². The fourth-order valence-electron chi connectivity index (χ4n) is 3.33. The second-order valence-corrected chi connectivity index (χ2v) is 7.84. The fourth-order valence-corrected chi connectivity index (χ4v) is 3.53. The number of carbonyl (C=O) groups excluding carboxylic acids is 2. The van der Waals surface area contributed by atoms with E-state index in [-0.39, 0.29) is 34.4 Å². The number of hydrogen-bond acceptors (Lipinski definition) is 4. The van der Waals surface area contributed by atoms with Crippen LogP contribution in [0.15, 0.2) is 52.7 Å². The molecule has 152 valence electrons. The van der Waals surface area contributed by atoms with Crippen molar-refractivity contribution in [2.24, 2.45) is 5.92 Å². The number of pyridine rings is 2. The van der Waals surface area contributed by atoms with Crippen molar-refractivity contribution < 1.29 is 9.59 Å². The van der Waals surface area contributed by atoms with Crippen LogP contribution in [0.25, 0.3) is 10.8 Å². The summed E-state index contributed by atoms with van der Waals surface area (Å²) in [5.41, 5.74) is 0.599. The van der Waals surface area contributed by atoms with Crippen LogP contribution in [0, 0.1) is 5.92 Å². The monoisotopic (exact) mass is 414 g/mol. The Morgan fingerprint density at radius 3 is 2.76 bits per heavy atom. The van der Waals surface area contributed by atoms with Gasteiger partial charge in [-0.3, -0.25) is 14.6 Å². The summed E-state index contributed by atoms with van der Waals surface area (Å²) in [7, 11) is 0. The molecule has 0 saturated heterocycles. The fraction of sp³-hybridized carbons (Fsp3) is 0.333. The smallest absolute Gasteiger partial charge is 0.318 e. The molecule has 0 bridgehead atoms. The van der Waals surface area contributed by atoms with Crippen LogP contribution in [-0.2, 0) is 4.79 Å². The van der Waals surface area contributed by atoms with E-state index in [1.54, 1.807) is 29.4 Å². The molecule has 3 rings (SSSR count). The van der Waals surface area contributed by atoms with Crippen molar-refractivity contribution >= 4 is 34.2 Å². The Bertz CT molecular complexity index is 1060. The number of nitrogens with one attached hydrogen (secondary N) is 2. The first-order chi connectivity index (χ1) is 13.8. The van der Waals surface area contributed by atoms with Crippen LogP contribution < -0.4 is 10.9 Å². The van der Waals surface area contributed by atoms with Crippen molar-refractivity contribution in [3.63, 3.8) is 0 Å². The Hall–Kier alpha value is -2.93. The minimum Gasteiger partial charge on any atom is -0.328 e. The number of rotatable bonds is 5. The minimum absolute atomic E-state index is 0.0837. The van der Waals surface area contributed by atoms with Gasteiger partial charge in [-0.25, -0.2) is 4.79 Å². The van der Waals surface area contributed by atoms with Crippen LogP contribution in [0.4, 0.5) is 4.79 Å². The molecule has 0 fully saturated rings. The van der Waals surface area contributed by atoms with Gasteiger partial charge >= 0.3 is 6.03 Å². The van der Waals surface area contributed by atoms with E-state index in [9.17, 15) is 14.4 Å². The van der Waals surface area contributed by atoms with Gasteiger partial charge < -0.3 is 15.2 Å². The van der Waals surface area contributed by atoms with Gasteiger partial charge in [-0.1, -0.05) is 31.5 Å². The lowest BCUT2D eigenvalue weighted by Crippen LogP contribution is -2.46. The Balaban J connectivity index is 1.92. The van der Waals surface area contributed by atoms with Gasteiger partial charge in [0.25, 0.3) is 5.56 Å². The third-order valence-electron chi connectivity index (χ3n) is 4.78. The zero-order chi connectivity index (χ0) is 21.1. The number of H-pyrrole nitrogens is 1. The number of carbonyl (C=O) groups is 2. The number of hydrogen-bond donors (Lipinski definition) is 2. The number of amides is 2. The first-order valence-electron chi connectivity index (χ1n) is 9.40.